The summed E-state index contributed by atoms with van der Waals surface area (Å²) in [5, 5.41) is 0. The lowest BCUT2D eigenvalue weighted by atomic mass is 10.1. The van der Waals surface area contributed by atoms with E-state index in [2.05, 4.69) is 12.1 Å². The fraction of sp³-hybridized carbons (Fsp3) is 0.333. The highest BCUT2D eigenvalue weighted by Crippen LogP contribution is 2.31. The summed E-state index contributed by atoms with van der Waals surface area (Å²) in [7, 11) is 0. The van der Waals surface area contributed by atoms with Crippen molar-refractivity contribution in [3.05, 3.63) is 65.7 Å². The fourth-order valence-electron chi connectivity index (χ4n) is 3.43. The van der Waals surface area contributed by atoms with Crippen LogP contribution in [-0.4, -0.2) is 29.3 Å². The summed E-state index contributed by atoms with van der Waals surface area (Å²) in [4.78, 5) is 28.8. The van der Waals surface area contributed by atoms with Crippen LogP contribution in [0.1, 0.15) is 41.6 Å². The third kappa shape index (κ3) is 3.43. The Balaban J connectivity index is 1.57. The number of anilines is 1. The largest absolute Gasteiger partial charge is 0.331 e. The van der Waals surface area contributed by atoms with Crippen LogP contribution in [-0.2, 0) is 11.3 Å². The Morgan fingerprint density at radius 3 is 2.56 bits per heavy atom. The first-order valence-electron chi connectivity index (χ1n) is 8.98. The predicted octanol–water partition coefficient (Wildman–Crippen LogP) is 3.62. The van der Waals surface area contributed by atoms with Gasteiger partial charge in [0.1, 0.15) is 0 Å². The summed E-state index contributed by atoms with van der Waals surface area (Å²) in [6.07, 6.45) is 3.63. The summed E-state index contributed by atoms with van der Waals surface area (Å²) < 4.78 is 0. The van der Waals surface area contributed by atoms with Crippen LogP contribution in [0.4, 0.5) is 5.69 Å². The minimum absolute atomic E-state index is 0.0554. The molecular formula is C21H22N2O2. The molecule has 4 nitrogen and oxygen atoms in total. The Bertz CT molecular complexity index is 783. The monoisotopic (exact) mass is 334 g/mol. The lowest BCUT2D eigenvalue weighted by molar-refractivity contribution is -0.117. The molecule has 0 atom stereocenters. The van der Waals surface area contributed by atoms with Crippen molar-refractivity contribution in [1.82, 2.24) is 4.90 Å². The molecule has 4 heteroatoms. The summed E-state index contributed by atoms with van der Waals surface area (Å²) in [6.45, 7) is 1.38. The van der Waals surface area contributed by atoms with Gasteiger partial charge < -0.3 is 9.80 Å². The molecule has 25 heavy (non-hydrogen) atoms. The molecule has 0 N–H and O–H groups in total. The molecule has 4 rings (SSSR count). The minimum Gasteiger partial charge on any atom is -0.331 e. The molecule has 1 heterocycles. The number of hydrogen-bond donors (Lipinski definition) is 0. The van der Waals surface area contributed by atoms with Gasteiger partial charge in [0.25, 0.3) is 5.91 Å². The molecule has 2 aliphatic rings. The highest BCUT2D eigenvalue weighted by atomic mass is 16.2. The van der Waals surface area contributed by atoms with Gasteiger partial charge in [-0.15, -0.1) is 0 Å². The summed E-state index contributed by atoms with van der Waals surface area (Å²) >= 11 is 0. The van der Waals surface area contributed by atoms with E-state index in [0.717, 1.165) is 37.1 Å². The Hall–Kier alpha value is -2.62. The normalized spacial score (nSPS) is 17.0. The van der Waals surface area contributed by atoms with Gasteiger partial charge in [-0.3, -0.25) is 9.59 Å². The maximum absolute atomic E-state index is 13.1. The standard InChI is InChI=1S/C21H22N2O2/c24-20-10-5-13-22(20)19-9-4-8-17(14-19)21(25)23(18-11-12-18)15-16-6-2-1-3-7-16/h1-4,6-9,14,18H,5,10-13,15H2. The van der Waals surface area contributed by atoms with E-state index in [0.29, 0.717) is 24.6 Å². The molecule has 0 radical (unpaired) electrons. The minimum atomic E-state index is 0.0554. The molecule has 0 unspecified atom stereocenters. The zero-order valence-electron chi connectivity index (χ0n) is 14.2. The maximum Gasteiger partial charge on any atom is 0.254 e. The second-order valence-corrected chi connectivity index (χ2v) is 6.85. The first-order chi connectivity index (χ1) is 12.2. The number of rotatable bonds is 5. The van der Waals surface area contributed by atoms with E-state index in [-0.39, 0.29) is 11.8 Å². The van der Waals surface area contributed by atoms with Gasteiger partial charge in [-0.2, -0.15) is 0 Å². The quantitative estimate of drug-likeness (QED) is 0.838. The van der Waals surface area contributed by atoms with Crippen LogP contribution in [0.5, 0.6) is 0 Å². The van der Waals surface area contributed by atoms with Crippen molar-refractivity contribution in [2.75, 3.05) is 11.4 Å². The SMILES string of the molecule is O=C1CCCN1c1cccc(C(=O)N(Cc2ccccc2)C2CC2)c1. The number of hydrogen-bond acceptors (Lipinski definition) is 2. The van der Waals surface area contributed by atoms with Crippen molar-refractivity contribution < 1.29 is 9.59 Å². The van der Waals surface area contributed by atoms with Crippen LogP contribution in [0.25, 0.3) is 0 Å². The Morgan fingerprint density at radius 2 is 1.88 bits per heavy atom. The molecular weight excluding hydrogens is 312 g/mol. The molecule has 0 bridgehead atoms. The molecule has 2 aromatic rings. The summed E-state index contributed by atoms with van der Waals surface area (Å²) in [6, 6.07) is 18.0. The Morgan fingerprint density at radius 1 is 1.08 bits per heavy atom. The first kappa shape index (κ1) is 15.9. The van der Waals surface area contributed by atoms with E-state index in [4.69, 9.17) is 0 Å². The topological polar surface area (TPSA) is 40.6 Å². The lowest BCUT2D eigenvalue weighted by Crippen LogP contribution is -2.33. The van der Waals surface area contributed by atoms with Crippen LogP contribution in [0.2, 0.25) is 0 Å². The number of amides is 2. The van der Waals surface area contributed by atoms with Crippen molar-refractivity contribution in [1.29, 1.82) is 0 Å². The van der Waals surface area contributed by atoms with Gasteiger partial charge in [0.05, 0.1) is 0 Å². The first-order valence-corrected chi connectivity index (χ1v) is 8.98. The maximum atomic E-state index is 13.1. The highest BCUT2D eigenvalue weighted by Gasteiger charge is 2.33. The molecule has 0 aromatic heterocycles. The van der Waals surface area contributed by atoms with Crippen molar-refractivity contribution in [3.63, 3.8) is 0 Å². The van der Waals surface area contributed by atoms with E-state index < -0.39 is 0 Å². The number of carbonyl (C=O) groups excluding carboxylic acids is 2. The van der Waals surface area contributed by atoms with Gasteiger partial charge in [0, 0.05) is 36.8 Å². The Labute approximate surface area is 148 Å². The van der Waals surface area contributed by atoms with Crippen molar-refractivity contribution in [2.24, 2.45) is 0 Å². The predicted molar refractivity (Wildman–Crippen MR) is 97.4 cm³/mol. The van der Waals surface area contributed by atoms with Crippen LogP contribution < -0.4 is 4.90 Å². The molecule has 1 saturated heterocycles. The molecule has 2 amide bonds. The van der Waals surface area contributed by atoms with Crippen LogP contribution >= 0.6 is 0 Å². The van der Waals surface area contributed by atoms with Crippen molar-refractivity contribution >= 4 is 17.5 Å². The Kier molecular flexibility index (Phi) is 4.26. The van der Waals surface area contributed by atoms with Crippen LogP contribution in [0.3, 0.4) is 0 Å². The van der Waals surface area contributed by atoms with Crippen LogP contribution in [0, 0.1) is 0 Å². The van der Waals surface area contributed by atoms with E-state index in [1.54, 1.807) is 4.90 Å². The van der Waals surface area contributed by atoms with Gasteiger partial charge in [0.2, 0.25) is 5.91 Å². The van der Waals surface area contributed by atoms with E-state index in [1.807, 2.05) is 47.4 Å². The molecule has 1 saturated carbocycles. The molecule has 2 fully saturated rings. The second kappa shape index (κ2) is 6.71. The van der Waals surface area contributed by atoms with E-state index in [9.17, 15) is 9.59 Å². The smallest absolute Gasteiger partial charge is 0.254 e. The van der Waals surface area contributed by atoms with Gasteiger partial charge in [-0.1, -0.05) is 36.4 Å². The van der Waals surface area contributed by atoms with Crippen molar-refractivity contribution in [2.45, 2.75) is 38.3 Å². The fourth-order valence-corrected chi connectivity index (χ4v) is 3.43. The molecule has 128 valence electrons. The van der Waals surface area contributed by atoms with Gasteiger partial charge >= 0.3 is 0 Å². The summed E-state index contributed by atoms with van der Waals surface area (Å²) in [5.74, 6) is 0.202. The number of carbonyl (C=O) groups is 2. The molecule has 0 spiro atoms. The highest BCUT2D eigenvalue weighted by molar-refractivity contribution is 5.99. The molecule has 2 aromatic carbocycles. The summed E-state index contributed by atoms with van der Waals surface area (Å²) in [5.41, 5.74) is 2.65. The third-order valence-electron chi connectivity index (χ3n) is 4.92. The molecule has 1 aliphatic carbocycles. The number of nitrogens with zero attached hydrogens (tertiary/aromatic N) is 2. The lowest BCUT2D eigenvalue weighted by Gasteiger charge is -2.24. The van der Waals surface area contributed by atoms with Gasteiger partial charge in [-0.05, 0) is 43.0 Å². The van der Waals surface area contributed by atoms with E-state index >= 15 is 0 Å². The van der Waals surface area contributed by atoms with Gasteiger partial charge in [-0.25, -0.2) is 0 Å². The van der Waals surface area contributed by atoms with Gasteiger partial charge in [0.15, 0.2) is 0 Å². The third-order valence-corrected chi connectivity index (χ3v) is 4.92. The average Bonchev–Trinajstić information content (AvgIpc) is 3.40. The van der Waals surface area contributed by atoms with E-state index in [1.165, 1.54) is 0 Å². The zero-order valence-corrected chi connectivity index (χ0v) is 14.2. The zero-order chi connectivity index (χ0) is 17.2. The molecule has 1 aliphatic heterocycles. The van der Waals surface area contributed by atoms with Crippen molar-refractivity contribution in [3.8, 4) is 0 Å². The average molecular weight is 334 g/mol. The number of benzene rings is 2. The van der Waals surface area contributed by atoms with Crippen LogP contribution in [0.15, 0.2) is 54.6 Å². The second-order valence-electron chi connectivity index (χ2n) is 6.85.